The maximum Gasteiger partial charge on any atom is 0.135 e. The Morgan fingerprint density at radius 1 is 1.53 bits per heavy atom. The van der Waals surface area contributed by atoms with Crippen LogP contribution in [-0.2, 0) is 0 Å². The Bertz CT molecular complexity index is 520. The number of hydrogen-bond acceptors (Lipinski definition) is 3. The van der Waals surface area contributed by atoms with Gasteiger partial charge in [0, 0.05) is 6.04 Å². The molecule has 80 valence electrons. The molecule has 0 amide bonds. The molecule has 0 saturated heterocycles. The van der Waals surface area contributed by atoms with Crippen LogP contribution in [-0.4, -0.2) is 14.8 Å². The molecule has 0 aliphatic heterocycles. The normalized spacial score (nSPS) is 11.5. The number of hydrogen-bond donors (Lipinski definition) is 1. The lowest BCUT2D eigenvalue weighted by molar-refractivity contribution is 0.547. The maximum atomic E-state index is 6.11. The van der Waals surface area contributed by atoms with Gasteiger partial charge in [-0.05, 0) is 36.4 Å². The molecule has 0 fully saturated rings. The molecule has 0 aromatic carbocycles. The second-order valence-corrected chi connectivity index (χ2v) is 4.97. The molecule has 0 aliphatic carbocycles. The van der Waals surface area contributed by atoms with E-state index < -0.39 is 0 Å². The lowest BCUT2D eigenvalue weighted by Crippen LogP contribution is -2.03. The predicted octanol–water partition coefficient (Wildman–Crippen LogP) is 2.85. The smallest absolute Gasteiger partial charge is 0.135 e. The van der Waals surface area contributed by atoms with E-state index in [1.54, 1.807) is 6.20 Å². The first-order chi connectivity index (χ1) is 7.02. The van der Waals surface area contributed by atoms with Crippen molar-refractivity contribution in [3.05, 3.63) is 14.9 Å². The molecule has 2 N–H and O–H groups in total. The van der Waals surface area contributed by atoms with Crippen LogP contribution < -0.4 is 5.73 Å². The van der Waals surface area contributed by atoms with Gasteiger partial charge in [0.05, 0.1) is 22.1 Å². The number of fused-ring (bicyclic) bond motifs is 1. The highest BCUT2D eigenvalue weighted by atomic mass is 127. The van der Waals surface area contributed by atoms with Gasteiger partial charge < -0.3 is 5.73 Å². The number of pyridine rings is 1. The molecular weight excluding hydrogens is 326 g/mol. The maximum absolute atomic E-state index is 6.11. The number of nitrogens with zero attached hydrogens (tertiary/aromatic N) is 3. The van der Waals surface area contributed by atoms with Crippen molar-refractivity contribution >= 4 is 50.9 Å². The minimum Gasteiger partial charge on any atom is -0.383 e. The van der Waals surface area contributed by atoms with E-state index in [1.807, 2.05) is 4.68 Å². The summed E-state index contributed by atoms with van der Waals surface area (Å²) in [6.07, 6.45) is 1.57. The van der Waals surface area contributed by atoms with E-state index in [2.05, 4.69) is 46.5 Å². The van der Waals surface area contributed by atoms with Crippen LogP contribution in [0.4, 0.5) is 5.82 Å². The summed E-state index contributed by atoms with van der Waals surface area (Å²) in [5.41, 5.74) is 6.68. The Kier molecular flexibility index (Phi) is 2.76. The van der Waals surface area contributed by atoms with E-state index in [9.17, 15) is 0 Å². The fourth-order valence-corrected chi connectivity index (χ4v) is 2.48. The second-order valence-electron chi connectivity index (χ2n) is 3.54. The molecule has 15 heavy (non-hydrogen) atoms. The fourth-order valence-electron chi connectivity index (χ4n) is 1.49. The van der Waals surface area contributed by atoms with Crippen LogP contribution in [0.15, 0.2) is 6.20 Å². The molecule has 0 aliphatic rings. The van der Waals surface area contributed by atoms with Gasteiger partial charge in [0.15, 0.2) is 0 Å². The average Bonchev–Trinajstić information content (AvgIpc) is 2.51. The van der Waals surface area contributed by atoms with Gasteiger partial charge in [-0.3, -0.25) is 4.68 Å². The van der Waals surface area contributed by atoms with Crippen LogP contribution in [0, 0.1) is 3.70 Å². The van der Waals surface area contributed by atoms with Gasteiger partial charge in [-0.1, -0.05) is 11.6 Å². The number of nitrogen functional groups attached to an aromatic ring is 1. The zero-order chi connectivity index (χ0) is 11.2. The highest BCUT2D eigenvalue weighted by Gasteiger charge is 2.16. The number of rotatable bonds is 1. The number of anilines is 1. The van der Waals surface area contributed by atoms with Gasteiger partial charge in [-0.15, -0.1) is 0 Å². The fraction of sp³-hybridized carbons (Fsp3) is 0.333. The van der Waals surface area contributed by atoms with Gasteiger partial charge in [-0.25, -0.2) is 4.98 Å². The second kappa shape index (κ2) is 3.79. The van der Waals surface area contributed by atoms with Gasteiger partial charge in [0.2, 0.25) is 0 Å². The summed E-state index contributed by atoms with van der Waals surface area (Å²) < 4.78 is 2.71. The third kappa shape index (κ3) is 1.67. The number of nitrogens with two attached hydrogens (primary N) is 1. The van der Waals surface area contributed by atoms with E-state index in [1.165, 1.54) is 0 Å². The van der Waals surface area contributed by atoms with E-state index >= 15 is 0 Å². The topological polar surface area (TPSA) is 56.7 Å². The van der Waals surface area contributed by atoms with Gasteiger partial charge in [0.1, 0.15) is 9.52 Å². The zero-order valence-corrected chi connectivity index (χ0v) is 11.2. The average molecular weight is 337 g/mol. The summed E-state index contributed by atoms with van der Waals surface area (Å²) in [6, 6.07) is 0.246. The van der Waals surface area contributed by atoms with Crippen LogP contribution in [0.1, 0.15) is 19.9 Å². The molecule has 2 aromatic heterocycles. The van der Waals surface area contributed by atoms with Gasteiger partial charge >= 0.3 is 0 Å². The highest BCUT2D eigenvalue weighted by Crippen LogP contribution is 2.31. The predicted molar refractivity (Wildman–Crippen MR) is 70.1 cm³/mol. The Hall–Kier alpha value is -0.560. The summed E-state index contributed by atoms with van der Waals surface area (Å²) in [5, 5.41) is 5.84. The molecular formula is C9H10ClIN4. The van der Waals surface area contributed by atoms with Crippen LogP contribution >= 0.6 is 34.2 Å². The van der Waals surface area contributed by atoms with Crippen molar-refractivity contribution in [1.29, 1.82) is 0 Å². The van der Waals surface area contributed by atoms with E-state index in [4.69, 9.17) is 17.3 Å². The van der Waals surface area contributed by atoms with E-state index in [0.717, 1.165) is 14.6 Å². The third-order valence-electron chi connectivity index (χ3n) is 2.16. The summed E-state index contributed by atoms with van der Waals surface area (Å²) in [6.45, 7) is 4.10. The van der Waals surface area contributed by atoms with Crippen LogP contribution in [0.2, 0.25) is 5.02 Å². The molecule has 0 bridgehead atoms. The summed E-state index contributed by atoms with van der Waals surface area (Å²) >= 11 is 8.25. The Balaban J connectivity index is 2.92. The Morgan fingerprint density at radius 3 is 2.80 bits per heavy atom. The minimum atomic E-state index is 0.246. The van der Waals surface area contributed by atoms with Crippen molar-refractivity contribution in [2.75, 3.05) is 5.73 Å². The molecule has 2 heterocycles. The van der Waals surface area contributed by atoms with Gasteiger partial charge in [-0.2, -0.15) is 5.10 Å². The summed E-state index contributed by atoms with van der Waals surface area (Å²) in [7, 11) is 0. The van der Waals surface area contributed by atoms with Crippen LogP contribution in [0.3, 0.4) is 0 Å². The molecule has 0 unspecified atom stereocenters. The standard InChI is InChI=1S/C9H10ClIN4/c1-4(2)15-7-5(10)3-13-9(12)6(7)8(11)14-15/h3-4H,1-2H3,(H2,12,13). The first kappa shape index (κ1) is 10.9. The Labute approximate surface area is 106 Å². The SMILES string of the molecule is CC(C)n1nc(I)c2c(N)ncc(Cl)c21. The molecule has 0 spiro atoms. The van der Waals surface area contributed by atoms with Crippen molar-refractivity contribution in [3.8, 4) is 0 Å². The minimum absolute atomic E-state index is 0.246. The van der Waals surface area contributed by atoms with Crippen molar-refractivity contribution < 1.29 is 0 Å². The highest BCUT2D eigenvalue weighted by molar-refractivity contribution is 14.1. The van der Waals surface area contributed by atoms with Crippen LogP contribution in [0.5, 0.6) is 0 Å². The molecule has 0 radical (unpaired) electrons. The number of aromatic nitrogens is 3. The first-order valence-corrected chi connectivity index (χ1v) is 5.95. The number of halogens is 2. The Morgan fingerprint density at radius 2 is 2.20 bits per heavy atom. The molecule has 2 rings (SSSR count). The molecule has 6 heteroatoms. The summed E-state index contributed by atoms with van der Waals surface area (Å²) in [5.74, 6) is 0.478. The first-order valence-electron chi connectivity index (χ1n) is 4.50. The van der Waals surface area contributed by atoms with Crippen molar-refractivity contribution in [1.82, 2.24) is 14.8 Å². The monoisotopic (exact) mass is 336 g/mol. The van der Waals surface area contributed by atoms with Crippen molar-refractivity contribution in [3.63, 3.8) is 0 Å². The third-order valence-corrected chi connectivity index (χ3v) is 3.19. The lowest BCUT2D eigenvalue weighted by Gasteiger charge is -2.07. The van der Waals surface area contributed by atoms with Crippen molar-refractivity contribution in [2.45, 2.75) is 19.9 Å². The van der Waals surface area contributed by atoms with Gasteiger partial charge in [0.25, 0.3) is 0 Å². The van der Waals surface area contributed by atoms with E-state index in [-0.39, 0.29) is 6.04 Å². The zero-order valence-electron chi connectivity index (χ0n) is 8.33. The van der Waals surface area contributed by atoms with E-state index in [0.29, 0.717) is 10.8 Å². The quantitative estimate of drug-likeness (QED) is 0.815. The summed E-state index contributed by atoms with van der Waals surface area (Å²) in [4.78, 5) is 4.03. The molecule has 4 nitrogen and oxygen atoms in total. The largest absolute Gasteiger partial charge is 0.383 e. The molecule has 0 atom stereocenters. The molecule has 0 saturated carbocycles. The van der Waals surface area contributed by atoms with Crippen LogP contribution in [0.25, 0.3) is 10.9 Å². The lowest BCUT2D eigenvalue weighted by atomic mass is 10.3. The molecule has 2 aromatic rings. The van der Waals surface area contributed by atoms with Crippen molar-refractivity contribution in [2.24, 2.45) is 0 Å².